The van der Waals surface area contributed by atoms with E-state index in [1.165, 1.54) is 4.57 Å². The highest BCUT2D eigenvalue weighted by Gasteiger charge is 2.09. The Kier molecular flexibility index (Phi) is 2.40. The Morgan fingerprint density at radius 1 is 1.19 bits per heavy atom. The average Bonchev–Trinajstić information content (AvgIpc) is 2.28. The van der Waals surface area contributed by atoms with E-state index in [0.717, 1.165) is 0 Å². The minimum atomic E-state index is -0.263. The van der Waals surface area contributed by atoms with Crippen LogP contribution in [0.25, 0.3) is 11.1 Å². The highest BCUT2D eigenvalue weighted by molar-refractivity contribution is 5.79. The number of hydrogen-bond donors (Lipinski definition) is 2. The number of benzene rings is 1. The minimum Gasteiger partial charge on any atom is -0.507 e. The largest absolute Gasteiger partial charge is 0.507 e. The summed E-state index contributed by atoms with van der Waals surface area (Å²) in [5.41, 5.74) is 6.75. The van der Waals surface area contributed by atoms with Crippen LogP contribution < -0.4 is 11.3 Å². The Bertz CT molecular complexity index is 588. The number of phenolic OH excluding ortho intramolecular Hbond substituents is 1. The van der Waals surface area contributed by atoms with Gasteiger partial charge in [-0.15, -0.1) is 0 Å². The molecule has 0 atom stereocenters. The Labute approximate surface area is 92.6 Å². The SMILES string of the molecule is Cn1ccc(-c2ccccc2O)c(N)c1=O. The molecule has 0 aliphatic rings. The van der Waals surface area contributed by atoms with Crippen molar-refractivity contribution in [1.29, 1.82) is 0 Å². The van der Waals surface area contributed by atoms with E-state index in [4.69, 9.17) is 5.73 Å². The molecule has 0 bridgehead atoms. The van der Waals surface area contributed by atoms with Crippen LogP contribution in [0.4, 0.5) is 5.69 Å². The maximum atomic E-state index is 11.6. The van der Waals surface area contributed by atoms with Gasteiger partial charge in [-0.05, 0) is 12.1 Å². The van der Waals surface area contributed by atoms with Gasteiger partial charge in [-0.3, -0.25) is 4.79 Å². The molecule has 4 heteroatoms. The molecule has 0 saturated heterocycles. The first-order valence-corrected chi connectivity index (χ1v) is 4.84. The van der Waals surface area contributed by atoms with Gasteiger partial charge in [0, 0.05) is 24.4 Å². The summed E-state index contributed by atoms with van der Waals surface area (Å²) < 4.78 is 1.40. The van der Waals surface area contributed by atoms with Crippen LogP contribution in [0.3, 0.4) is 0 Å². The van der Waals surface area contributed by atoms with Crippen LogP contribution in [0.2, 0.25) is 0 Å². The maximum absolute atomic E-state index is 11.6. The Morgan fingerprint density at radius 3 is 2.56 bits per heavy atom. The number of para-hydroxylation sites is 1. The summed E-state index contributed by atoms with van der Waals surface area (Å²) in [5, 5.41) is 9.68. The molecule has 2 rings (SSSR count). The van der Waals surface area contributed by atoms with Gasteiger partial charge in [0.25, 0.3) is 5.56 Å². The molecule has 0 aliphatic carbocycles. The van der Waals surface area contributed by atoms with Crippen LogP contribution in [0.5, 0.6) is 5.75 Å². The molecule has 3 N–H and O–H groups in total. The summed E-state index contributed by atoms with van der Waals surface area (Å²) in [6.07, 6.45) is 1.63. The fourth-order valence-corrected chi connectivity index (χ4v) is 1.59. The number of aromatic hydroxyl groups is 1. The van der Waals surface area contributed by atoms with Gasteiger partial charge in [0.15, 0.2) is 0 Å². The van der Waals surface area contributed by atoms with Crippen molar-refractivity contribution in [3.63, 3.8) is 0 Å². The van der Waals surface area contributed by atoms with Crippen molar-refractivity contribution in [1.82, 2.24) is 4.57 Å². The first kappa shape index (κ1) is 10.3. The number of nitrogens with two attached hydrogens (primary N) is 1. The average molecular weight is 216 g/mol. The van der Waals surface area contributed by atoms with Crippen molar-refractivity contribution in [3.8, 4) is 16.9 Å². The number of rotatable bonds is 1. The highest BCUT2D eigenvalue weighted by atomic mass is 16.3. The standard InChI is InChI=1S/C12H12N2O2/c1-14-7-6-9(11(13)12(14)16)8-4-2-3-5-10(8)15/h2-7,15H,13H2,1H3. The van der Waals surface area contributed by atoms with Gasteiger partial charge in [0.2, 0.25) is 0 Å². The summed E-state index contributed by atoms with van der Waals surface area (Å²) in [6.45, 7) is 0. The monoisotopic (exact) mass is 216 g/mol. The van der Waals surface area contributed by atoms with Crippen molar-refractivity contribution in [2.24, 2.45) is 7.05 Å². The van der Waals surface area contributed by atoms with E-state index >= 15 is 0 Å². The molecule has 82 valence electrons. The van der Waals surface area contributed by atoms with Crippen molar-refractivity contribution in [2.45, 2.75) is 0 Å². The molecule has 0 spiro atoms. The topological polar surface area (TPSA) is 68.2 Å². The third kappa shape index (κ3) is 1.54. The number of aromatic nitrogens is 1. The number of pyridine rings is 1. The molecule has 1 aromatic carbocycles. The molecule has 2 aromatic rings. The van der Waals surface area contributed by atoms with Gasteiger partial charge in [0.05, 0.1) is 0 Å². The molecular weight excluding hydrogens is 204 g/mol. The molecule has 0 amide bonds. The van der Waals surface area contributed by atoms with Gasteiger partial charge in [0.1, 0.15) is 11.4 Å². The normalized spacial score (nSPS) is 10.3. The summed E-state index contributed by atoms with van der Waals surface area (Å²) >= 11 is 0. The van der Waals surface area contributed by atoms with Gasteiger partial charge in [-0.2, -0.15) is 0 Å². The lowest BCUT2D eigenvalue weighted by molar-refractivity contribution is 0.477. The highest BCUT2D eigenvalue weighted by Crippen LogP contribution is 2.30. The number of aryl methyl sites for hydroxylation is 1. The first-order valence-electron chi connectivity index (χ1n) is 4.84. The van der Waals surface area contributed by atoms with Crippen LogP contribution in [-0.2, 0) is 7.05 Å². The van der Waals surface area contributed by atoms with Crippen molar-refractivity contribution >= 4 is 5.69 Å². The molecule has 0 radical (unpaired) electrons. The fraction of sp³-hybridized carbons (Fsp3) is 0.0833. The zero-order valence-corrected chi connectivity index (χ0v) is 8.84. The Morgan fingerprint density at radius 2 is 1.88 bits per heavy atom. The summed E-state index contributed by atoms with van der Waals surface area (Å²) in [5.74, 6) is 0.113. The smallest absolute Gasteiger partial charge is 0.274 e. The van der Waals surface area contributed by atoms with E-state index < -0.39 is 0 Å². The van der Waals surface area contributed by atoms with E-state index in [1.54, 1.807) is 43.6 Å². The first-order chi connectivity index (χ1) is 7.61. The number of nitrogen functional groups attached to an aromatic ring is 1. The fourth-order valence-electron chi connectivity index (χ4n) is 1.59. The van der Waals surface area contributed by atoms with Crippen LogP contribution in [0.1, 0.15) is 0 Å². The Balaban J connectivity index is 2.71. The van der Waals surface area contributed by atoms with Crippen LogP contribution in [-0.4, -0.2) is 9.67 Å². The second kappa shape index (κ2) is 3.73. The summed E-state index contributed by atoms with van der Waals surface area (Å²) in [7, 11) is 1.63. The number of hydrogen-bond acceptors (Lipinski definition) is 3. The molecule has 1 heterocycles. The predicted molar refractivity (Wildman–Crippen MR) is 63.2 cm³/mol. The van der Waals surface area contributed by atoms with Gasteiger partial charge in [-0.25, -0.2) is 0 Å². The molecule has 0 aliphatic heterocycles. The zero-order chi connectivity index (χ0) is 11.7. The van der Waals surface area contributed by atoms with E-state index in [1.807, 2.05) is 0 Å². The summed E-state index contributed by atoms with van der Waals surface area (Å²) in [6, 6.07) is 8.50. The van der Waals surface area contributed by atoms with E-state index in [0.29, 0.717) is 11.1 Å². The van der Waals surface area contributed by atoms with E-state index in [9.17, 15) is 9.90 Å². The molecule has 0 saturated carbocycles. The quantitative estimate of drug-likeness (QED) is 0.755. The van der Waals surface area contributed by atoms with Crippen LogP contribution >= 0.6 is 0 Å². The third-order valence-electron chi connectivity index (χ3n) is 2.50. The third-order valence-corrected chi connectivity index (χ3v) is 2.50. The van der Waals surface area contributed by atoms with Gasteiger partial charge >= 0.3 is 0 Å². The van der Waals surface area contributed by atoms with Crippen molar-refractivity contribution in [3.05, 3.63) is 46.9 Å². The summed E-state index contributed by atoms with van der Waals surface area (Å²) in [4.78, 5) is 11.6. The van der Waals surface area contributed by atoms with Crippen LogP contribution in [0, 0.1) is 0 Å². The maximum Gasteiger partial charge on any atom is 0.274 e. The molecule has 0 unspecified atom stereocenters. The van der Waals surface area contributed by atoms with E-state index in [-0.39, 0.29) is 17.0 Å². The Hall–Kier alpha value is -2.23. The van der Waals surface area contributed by atoms with E-state index in [2.05, 4.69) is 0 Å². The lowest BCUT2D eigenvalue weighted by Gasteiger charge is -2.08. The second-order valence-electron chi connectivity index (χ2n) is 3.58. The van der Waals surface area contributed by atoms with Crippen molar-refractivity contribution < 1.29 is 5.11 Å². The molecule has 16 heavy (non-hydrogen) atoms. The second-order valence-corrected chi connectivity index (χ2v) is 3.58. The number of nitrogens with zero attached hydrogens (tertiary/aromatic N) is 1. The predicted octanol–water partition coefficient (Wildman–Crippen LogP) is 1.34. The lowest BCUT2D eigenvalue weighted by atomic mass is 10.0. The van der Waals surface area contributed by atoms with Crippen molar-refractivity contribution in [2.75, 3.05) is 5.73 Å². The molecule has 4 nitrogen and oxygen atoms in total. The number of anilines is 1. The van der Waals surface area contributed by atoms with Crippen LogP contribution in [0.15, 0.2) is 41.3 Å². The zero-order valence-electron chi connectivity index (χ0n) is 8.84. The molecule has 0 fully saturated rings. The molecule has 1 aromatic heterocycles. The van der Waals surface area contributed by atoms with Gasteiger partial charge < -0.3 is 15.4 Å². The minimum absolute atomic E-state index is 0.113. The van der Waals surface area contributed by atoms with Gasteiger partial charge in [-0.1, -0.05) is 18.2 Å². The molecular formula is C12H12N2O2. The lowest BCUT2D eigenvalue weighted by Crippen LogP contribution is -2.20. The number of phenols is 1.